The molecule has 15 rings (SSSR count). The molecule has 0 aliphatic rings. The molecular formula is C66H48BrF3N16O7S6. The van der Waals surface area contributed by atoms with Gasteiger partial charge >= 0.3 is 0 Å². The quantitative estimate of drug-likeness (QED) is 0.0420. The van der Waals surface area contributed by atoms with Crippen LogP contribution in [0.5, 0.6) is 5.75 Å². The first-order chi connectivity index (χ1) is 47.7. The van der Waals surface area contributed by atoms with Crippen molar-refractivity contribution in [2.75, 3.05) is 49.1 Å². The van der Waals surface area contributed by atoms with Crippen molar-refractivity contribution in [2.45, 2.75) is 21.6 Å². The number of methoxy groups -OCH3 is 1. The molecule has 0 radical (unpaired) electrons. The maximum Gasteiger partial charge on any atom is 0.263 e. The lowest BCUT2D eigenvalue weighted by molar-refractivity contribution is 0.385. The highest BCUT2D eigenvalue weighted by atomic mass is 79.9. The Labute approximate surface area is 582 Å². The predicted octanol–water partition coefficient (Wildman–Crippen LogP) is 16.0. The van der Waals surface area contributed by atoms with Gasteiger partial charge in [-0.1, -0.05) is 36.4 Å². The van der Waals surface area contributed by atoms with Crippen molar-refractivity contribution in [3.05, 3.63) is 220 Å². The van der Waals surface area contributed by atoms with E-state index in [0.29, 0.717) is 56.7 Å². The number of anilines is 10. The summed E-state index contributed by atoms with van der Waals surface area (Å²) in [6.07, 6.45) is 0. The van der Waals surface area contributed by atoms with Gasteiger partial charge in [-0.15, -0.1) is 0 Å². The van der Waals surface area contributed by atoms with E-state index in [1.165, 1.54) is 78.1 Å². The second-order valence-electron chi connectivity index (χ2n) is 21.2. The van der Waals surface area contributed by atoms with Gasteiger partial charge in [-0.2, -0.15) is 13.1 Å². The van der Waals surface area contributed by atoms with Gasteiger partial charge in [0.15, 0.2) is 46.5 Å². The highest BCUT2D eigenvalue weighted by Gasteiger charge is 2.25. The first-order valence-corrected chi connectivity index (χ1v) is 37.0. The third kappa shape index (κ3) is 15.2. The molecule has 0 unspecified atom stereocenters. The molecule has 0 atom stereocenters. The highest BCUT2D eigenvalue weighted by molar-refractivity contribution is 9.10. The van der Waals surface area contributed by atoms with Crippen LogP contribution in [0.2, 0.25) is 0 Å². The van der Waals surface area contributed by atoms with Crippen LogP contribution >= 0.6 is 50.5 Å². The molecule has 0 amide bonds. The third-order valence-corrected chi connectivity index (χ3v) is 21.2. The number of rotatable bonds is 18. The fourth-order valence-electron chi connectivity index (χ4n) is 9.75. The second kappa shape index (κ2) is 28.3. The number of aromatic nitrogens is 9. The first kappa shape index (κ1) is 66.8. The molecule has 6 heterocycles. The van der Waals surface area contributed by atoms with E-state index in [1.807, 2.05) is 95.9 Å². The number of fused-ring (bicyclic) bond motifs is 6. The van der Waals surface area contributed by atoms with Crippen LogP contribution in [-0.4, -0.2) is 81.9 Å². The van der Waals surface area contributed by atoms with Crippen LogP contribution in [-0.2, 0) is 30.1 Å². The Morgan fingerprint density at radius 3 is 1.06 bits per heavy atom. The monoisotopic (exact) mass is 1500 g/mol. The summed E-state index contributed by atoms with van der Waals surface area (Å²) in [5.41, 5.74) is 8.17. The molecule has 0 aliphatic heterocycles. The molecule has 99 heavy (non-hydrogen) atoms. The summed E-state index contributed by atoms with van der Waals surface area (Å²) in [5, 5.41) is 20.8. The minimum Gasteiger partial charge on any atom is -0.494 e. The van der Waals surface area contributed by atoms with Crippen LogP contribution in [0.15, 0.2) is 217 Å². The van der Waals surface area contributed by atoms with E-state index in [4.69, 9.17) is 4.74 Å². The van der Waals surface area contributed by atoms with Gasteiger partial charge in [-0.05, 0) is 203 Å². The van der Waals surface area contributed by atoms with E-state index in [1.54, 1.807) is 54.6 Å². The van der Waals surface area contributed by atoms with Crippen molar-refractivity contribution in [3.8, 4) is 5.75 Å². The molecule has 0 aliphatic carbocycles. The second-order valence-corrected chi connectivity index (χ2v) is 29.0. The lowest BCUT2D eigenvalue weighted by Gasteiger charge is -2.14. The zero-order valence-electron chi connectivity index (χ0n) is 51.1. The standard InChI is InChI=1S/C23H19FN6O2S2.C22H16FN5O3S2.C21H13BrFN5O2S2/c1-2-25-19-10-8-16(12-17(19)24)34(31,32)30-23-22(27-20-5-3-4-6-21(20)28-23)26-15-7-9-18-14(11-15)13-33-29-18;1-31-20-9-7-15(11-16(20)23)33(29,30)28-22-21(25-18-4-2-3-5-19(18)26-22)24-14-6-8-17-13(10-14)12-32-27-17;22-15-7-6-14(10-16(15)23)32(29,30)28-21-20(25-18-3-1-2-4-19(18)26-21)24-13-5-8-17-12(9-13)11-31-27-17/h3-13,25H,2H2,1H3,(H,26,27)(H,28,30);2-12H,1H3,(H,24,25)(H,26,28);1-11H,(H,24,25)(H,26,28). The van der Waals surface area contributed by atoms with E-state index < -0.39 is 47.5 Å². The Hall–Kier alpha value is -10.8. The molecule has 0 saturated carbocycles. The molecule has 33 heteroatoms. The van der Waals surface area contributed by atoms with Gasteiger partial charge in [0.2, 0.25) is 0 Å². The van der Waals surface area contributed by atoms with E-state index in [2.05, 4.69) is 94.4 Å². The molecular weight excluding hydrogens is 1460 g/mol. The summed E-state index contributed by atoms with van der Waals surface area (Å²) < 4.78 is 146. The summed E-state index contributed by atoms with van der Waals surface area (Å²) in [5.74, 6) is -1.59. The smallest absolute Gasteiger partial charge is 0.263 e. The van der Waals surface area contributed by atoms with Crippen molar-refractivity contribution in [1.82, 2.24) is 43.0 Å². The topological polar surface area (TPSA) is 312 Å². The largest absolute Gasteiger partial charge is 0.494 e. The fraction of sp³-hybridized carbons (Fsp3) is 0.0455. The van der Waals surface area contributed by atoms with Crippen LogP contribution in [0.3, 0.4) is 0 Å². The molecule has 498 valence electrons. The molecule has 0 spiro atoms. The maximum atomic E-state index is 14.4. The number of hydrogen-bond acceptors (Lipinski definition) is 23. The Balaban J connectivity index is 0.000000133. The lowest BCUT2D eigenvalue weighted by atomic mass is 10.2. The number of hydrogen-bond donors (Lipinski definition) is 7. The third-order valence-electron chi connectivity index (χ3n) is 14.5. The average molecular weight is 1510 g/mol. The van der Waals surface area contributed by atoms with Crippen LogP contribution in [0.1, 0.15) is 6.92 Å². The van der Waals surface area contributed by atoms with Gasteiger partial charge in [-0.25, -0.2) is 68.3 Å². The molecule has 23 nitrogen and oxygen atoms in total. The zero-order chi connectivity index (χ0) is 69.0. The normalized spacial score (nSPS) is 11.6. The molecule has 9 aromatic carbocycles. The van der Waals surface area contributed by atoms with Crippen molar-refractivity contribution in [2.24, 2.45) is 0 Å². The first-order valence-electron chi connectivity index (χ1n) is 29.3. The number of halogens is 4. The summed E-state index contributed by atoms with van der Waals surface area (Å²) in [7, 11) is -11.1. The Bertz CT molecular complexity index is 5960. The van der Waals surface area contributed by atoms with E-state index >= 15 is 0 Å². The fourth-order valence-corrected chi connectivity index (χ4v) is 15.0. The minimum atomic E-state index is -4.17. The summed E-state index contributed by atoms with van der Waals surface area (Å²) in [6, 6.07) is 48.7. The number of nitrogens with one attached hydrogen (secondary N) is 7. The number of benzene rings is 9. The van der Waals surface area contributed by atoms with Crippen molar-refractivity contribution in [3.63, 3.8) is 0 Å². The summed E-state index contributed by atoms with van der Waals surface area (Å²) in [6.45, 7) is 2.33. The van der Waals surface area contributed by atoms with Crippen LogP contribution in [0.25, 0.3) is 65.8 Å². The SMILES string of the molecule is CCNc1ccc(S(=O)(=O)Nc2nc3ccccc3nc2Nc2ccc3nscc3c2)cc1F.COc1ccc(S(=O)(=O)Nc2nc3ccccc3nc2Nc2ccc3nscc3c2)cc1F.O=S(=O)(Nc1nc2ccccc2nc1Nc1ccc2nscc2c1)c1ccc(Br)c(F)c1. The zero-order valence-corrected chi connectivity index (χ0v) is 57.6. The van der Waals surface area contributed by atoms with Crippen molar-refractivity contribution >= 4 is 204 Å². The van der Waals surface area contributed by atoms with Gasteiger partial charge in [0.1, 0.15) is 11.6 Å². The van der Waals surface area contributed by atoms with Crippen LogP contribution in [0.4, 0.5) is 70.8 Å². The number of sulfonamides is 3. The lowest BCUT2D eigenvalue weighted by Crippen LogP contribution is -2.16. The van der Waals surface area contributed by atoms with Gasteiger partial charge in [0.05, 0.1) is 81.6 Å². The molecule has 0 saturated heterocycles. The number of para-hydroxylation sites is 6. The van der Waals surface area contributed by atoms with Gasteiger partial charge in [0.25, 0.3) is 30.1 Å². The predicted molar refractivity (Wildman–Crippen MR) is 387 cm³/mol. The summed E-state index contributed by atoms with van der Waals surface area (Å²) in [4.78, 5) is 26.3. The molecule has 15 aromatic rings. The summed E-state index contributed by atoms with van der Waals surface area (Å²) >= 11 is 7.07. The minimum absolute atomic E-state index is 0.00147. The number of nitrogens with zero attached hydrogens (tertiary/aromatic N) is 9. The Morgan fingerprint density at radius 1 is 0.394 bits per heavy atom. The van der Waals surface area contributed by atoms with E-state index in [-0.39, 0.29) is 65.5 Å². The average Bonchev–Trinajstić information content (AvgIpc) is 1.70. The maximum absolute atomic E-state index is 14.4. The van der Waals surface area contributed by atoms with Crippen LogP contribution in [0, 0.1) is 17.5 Å². The molecule has 7 N–H and O–H groups in total. The molecule has 0 fully saturated rings. The van der Waals surface area contributed by atoms with Crippen LogP contribution < -0.4 is 40.2 Å². The van der Waals surface area contributed by atoms with E-state index in [0.717, 1.165) is 50.9 Å². The van der Waals surface area contributed by atoms with E-state index in [9.17, 15) is 38.4 Å². The Kier molecular flexibility index (Phi) is 19.1. The van der Waals surface area contributed by atoms with Gasteiger partial charge in [-0.3, -0.25) is 14.2 Å². The highest BCUT2D eigenvalue weighted by Crippen LogP contribution is 2.35. The van der Waals surface area contributed by atoms with Gasteiger partial charge < -0.3 is 26.0 Å². The van der Waals surface area contributed by atoms with Crippen molar-refractivity contribution in [1.29, 1.82) is 0 Å². The van der Waals surface area contributed by atoms with Crippen molar-refractivity contribution < 1.29 is 43.2 Å². The van der Waals surface area contributed by atoms with Gasteiger partial charge in [0, 0.05) is 55.9 Å². The Morgan fingerprint density at radius 2 is 0.727 bits per heavy atom. The molecule has 6 aromatic heterocycles. The molecule has 0 bridgehead atoms. The number of ether oxygens (including phenoxy) is 1.